The number of carbonyl (C=O) groups is 1. The molecule has 3 rings (SSSR count). The van der Waals surface area contributed by atoms with Gasteiger partial charge in [-0.25, -0.2) is 9.97 Å². The number of benzene rings is 1. The topological polar surface area (TPSA) is 71.0 Å². The van der Waals surface area contributed by atoms with E-state index in [4.69, 9.17) is 19.4 Å². The van der Waals surface area contributed by atoms with Gasteiger partial charge in [0.05, 0.1) is 18.8 Å². The predicted octanol–water partition coefficient (Wildman–Crippen LogP) is 2.36. The van der Waals surface area contributed by atoms with E-state index in [1.54, 1.807) is 13.2 Å². The highest BCUT2D eigenvalue weighted by Gasteiger charge is 2.33. The van der Waals surface area contributed by atoms with Gasteiger partial charge in [-0.3, -0.25) is 4.79 Å². The lowest BCUT2D eigenvalue weighted by Gasteiger charge is -2.25. The minimum atomic E-state index is -0.139. The number of rotatable bonds is 8. The fourth-order valence-corrected chi connectivity index (χ4v) is 3.58. The summed E-state index contributed by atoms with van der Waals surface area (Å²) < 4.78 is 11.0. The van der Waals surface area contributed by atoms with Crippen molar-refractivity contribution in [1.29, 1.82) is 0 Å². The zero-order valence-electron chi connectivity index (χ0n) is 18.5. The van der Waals surface area contributed by atoms with Crippen molar-refractivity contribution in [2.45, 2.75) is 25.4 Å². The smallest absolute Gasteiger partial charge is 0.261 e. The van der Waals surface area contributed by atoms with Crippen molar-refractivity contribution in [3.05, 3.63) is 41.9 Å². The van der Waals surface area contributed by atoms with E-state index in [0.29, 0.717) is 30.4 Å². The van der Waals surface area contributed by atoms with E-state index in [-0.39, 0.29) is 18.6 Å². The molecule has 0 radical (unpaired) electrons. The van der Waals surface area contributed by atoms with E-state index in [1.165, 1.54) is 0 Å². The predicted molar refractivity (Wildman–Crippen MR) is 116 cm³/mol. The third-order valence-electron chi connectivity index (χ3n) is 5.01. The van der Waals surface area contributed by atoms with Crippen molar-refractivity contribution in [3.8, 4) is 11.5 Å². The Morgan fingerprint density at radius 3 is 2.57 bits per heavy atom. The van der Waals surface area contributed by atoms with Gasteiger partial charge >= 0.3 is 0 Å². The van der Waals surface area contributed by atoms with Crippen molar-refractivity contribution in [2.24, 2.45) is 0 Å². The maximum absolute atomic E-state index is 13.0. The molecule has 1 amide bonds. The fourth-order valence-electron chi connectivity index (χ4n) is 3.58. The number of amides is 1. The van der Waals surface area contributed by atoms with Gasteiger partial charge in [0.15, 0.2) is 23.9 Å². The third kappa shape index (κ3) is 5.18. The van der Waals surface area contributed by atoms with Crippen LogP contribution < -0.4 is 14.4 Å². The lowest BCUT2D eigenvalue weighted by atomic mass is 10.2. The van der Waals surface area contributed by atoms with Crippen LogP contribution in [0, 0.1) is 0 Å². The van der Waals surface area contributed by atoms with Crippen LogP contribution >= 0.6 is 0 Å². The number of anilines is 1. The Kier molecular flexibility index (Phi) is 7.10. The number of likely N-dealkylation sites (tertiary alicyclic amines) is 1. The van der Waals surface area contributed by atoms with Crippen LogP contribution in [0.3, 0.4) is 0 Å². The summed E-state index contributed by atoms with van der Waals surface area (Å²) in [5.74, 6) is 2.64. The highest BCUT2D eigenvalue weighted by molar-refractivity contribution is 5.78. The molecule has 8 nitrogen and oxygen atoms in total. The SMILES string of the molecule is COc1ccccc1OCC(=O)N1CCCC1c1nc(CN(C)C)cc(N(C)C)n1. The average molecular weight is 414 g/mol. The van der Waals surface area contributed by atoms with Gasteiger partial charge in [0.2, 0.25) is 0 Å². The van der Waals surface area contributed by atoms with Crippen molar-refractivity contribution < 1.29 is 14.3 Å². The second kappa shape index (κ2) is 9.75. The number of methoxy groups -OCH3 is 1. The number of ether oxygens (including phenoxy) is 2. The van der Waals surface area contributed by atoms with E-state index >= 15 is 0 Å². The molecule has 1 aromatic carbocycles. The minimum absolute atomic E-state index is 0.0468. The van der Waals surface area contributed by atoms with Crippen molar-refractivity contribution in [3.63, 3.8) is 0 Å². The first-order valence-corrected chi connectivity index (χ1v) is 10.1. The first kappa shape index (κ1) is 21.8. The monoisotopic (exact) mass is 413 g/mol. The second-order valence-corrected chi connectivity index (χ2v) is 7.89. The molecule has 0 spiro atoms. The van der Waals surface area contributed by atoms with Crippen LogP contribution in [0.25, 0.3) is 0 Å². The summed E-state index contributed by atoms with van der Waals surface area (Å²) in [6, 6.07) is 9.18. The summed E-state index contributed by atoms with van der Waals surface area (Å²) in [6.45, 7) is 1.35. The fraction of sp³-hybridized carbons (Fsp3) is 0.500. The molecule has 0 saturated carbocycles. The van der Waals surface area contributed by atoms with E-state index in [2.05, 4.69) is 4.90 Å². The van der Waals surface area contributed by atoms with Crippen LogP contribution in [0.5, 0.6) is 11.5 Å². The summed E-state index contributed by atoms with van der Waals surface area (Å²) >= 11 is 0. The Bertz CT molecular complexity index is 872. The molecule has 0 aliphatic carbocycles. The zero-order chi connectivity index (χ0) is 21.7. The highest BCUT2D eigenvalue weighted by atomic mass is 16.5. The maximum Gasteiger partial charge on any atom is 0.261 e. The Morgan fingerprint density at radius 1 is 1.17 bits per heavy atom. The van der Waals surface area contributed by atoms with Crippen molar-refractivity contribution in [1.82, 2.24) is 19.8 Å². The molecule has 2 heterocycles. The van der Waals surface area contributed by atoms with Crippen LogP contribution in [0.4, 0.5) is 5.82 Å². The van der Waals surface area contributed by atoms with Crippen LogP contribution in [0.1, 0.15) is 30.4 Å². The number of hydrogen-bond donors (Lipinski definition) is 0. The molecule has 0 bridgehead atoms. The Hall–Kier alpha value is -2.87. The number of aromatic nitrogens is 2. The van der Waals surface area contributed by atoms with Crippen LogP contribution in [0.2, 0.25) is 0 Å². The minimum Gasteiger partial charge on any atom is -0.493 e. The van der Waals surface area contributed by atoms with Crippen molar-refractivity contribution >= 4 is 11.7 Å². The van der Waals surface area contributed by atoms with Crippen molar-refractivity contribution in [2.75, 3.05) is 53.4 Å². The van der Waals surface area contributed by atoms with E-state index in [1.807, 2.05) is 62.3 Å². The molecular formula is C22H31N5O3. The zero-order valence-corrected chi connectivity index (χ0v) is 18.5. The van der Waals surface area contributed by atoms with E-state index in [0.717, 1.165) is 24.4 Å². The maximum atomic E-state index is 13.0. The Labute approximate surface area is 178 Å². The average Bonchev–Trinajstić information content (AvgIpc) is 3.21. The van der Waals surface area contributed by atoms with E-state index in [9.17, 15) is 4.79 Å². The molecule has 162 valence electrons. The molecule has 2 aromatic rings. The molecule has 8 heteroatoms. The van der Waals surface area contributed by atoms with Gasteiger partial charge < -0.3 is 24.2 Å². The number of nitrogens with zero attached hydrogens (tertiary/aromatic N) is 5. The molecule has 30 heavy (non-hydrogen) atoms. The van der Waals surface area contributed by atoms with E-state index < -0.39 is 0 Å². The summed E-state index contributed by atoms with van der Waals surface area (Å²) in [5.41, 5.74) is 0.943. The third-order valence-corrected chi connectivity index (χ3v) is 5.01. The lowest BCUT2D eigenvalue weighted by molar-refractivity contribution is -0.134. The Balaban J connectivity index is 1.77. The second-order valence-electron chi connectivity index (χ2n) is 7.89. The molecule has 1 aromatic heterocycles. The summed E-state index contributed by atoms with van der Waals surface area (Å²) in [6.07, 6.45) is 1.77. The molecule has 1 saturated heterocycles. The largest absolute Gasteiger partial charge is 0.493 e. The molecule has 1 unspecified atom stereocenters. The summed E-state index contributed by atoms with van der Waals surface area (Å²) in [7, 11) is 9.53. The van der Waals surface area contributed by atoms with Gasteiger partial charge in [-0.05, 0) is 39.1 Å². The number of carbonyl (C=O) groups excluding carboxylic acids is 1. The van der Waals surface area contributed by atoms with Gasteiger partial charge in [-0.15, -0.1) is 0 Å². The standard InChI is InChI=1S/C22H31N5O3/c1-25(2)14-16-13-20(26(3)4)24-22(23-16)17-9-8-12-27(17)21(28)15-30-19-11-7-6-10-18(19)29-5/h6-7,10-11,13,17H,8-9,12,14-15H2,1-5H3. The molecular weight excluding hydrogens is 382 g/mol. The van der Waals surface area contributed by atoms with Gasteiger partial charge in [0.25, 0.3) is 5.91 Å². The lowest BCUT2D eigenvalue weighted by Crippen LogP contribution is -2.35. The Morgan fingerprint density at radius 2 is 1.90 bits per heavy atom. The first-order valence-electron chi connectivity index (χ1n) is 10.1. The van der Waals surface area contributed by atoms with Gasteiger partial charge in [0.1, 0.15) is 5.82 Å². The quantitative estimate of drug-likeness (QED) is 0.658. The summed E-state index contributed by atoms with van der Waals surface area (Å²) in [4.78, 5) is 28.4. The van der Waals surface area contributed by atoms with Crippen LogP contribution in [-0.4, -0.2) is 74.1 Å². The molecule has 1 aliphatic rings. The van der Waals surface area contributed by atoms with Crippen LogP contribution in [-0.2, 0) is 11.3 Å². The van der Waals surface area contributed by atoms with Crippen LogP contribution in [0.15, 0.2) is 30.3 Å². The number of hydrogen-bond acceptors (Lipinski definition) is 7. The molecule has 1 atom stereocenters. The van der Waals surface area contributed by atoms with Gasteiger partial charge in [-0.1, -0.05) is 12.1 Å². The first-order chi connectivity index (χ1) is 14.4. The molecule has 1 aliphatic heterocycles. The van der Waals surface area contributed by atoms with Gasteiger partial charge in [-0.2, -0.15) is 0 Å². The molecule has 1 fully saturated rings. The van der Waals surface area contributed by atoms with Gasteiger partial charge in [0, 0.05) is 33.3 Å². The highest BCUT2D eigenvalue weighted by Crippen LogP contribution is 2.32. The normalized spacial score (nSPS) is 16.1. The molecule has 0 N–H and O–H groups in total. The summed E-state index contributed by atoms with van der Waals surface area (Å²) in [5, 5.41) is 0. The number of para-hydroxylation sites is 2.